The van der Waals surface area contributed by atoms with Gasteiger partial charge in [-0.05, 0) is 66.6 Å². The normalized spacial score (nSPS) is 16.0. The van der Waals surface area contributed by atoms with E-state index in [4.69, 9.17) is 14.6 Å². The number of hydrogen-bond acceptors (Lipinski definition) is 5. The lowest BCUT2D eigenvalue weighted by molar-refractivity contribution is -0.148. The zero-order valence-electron chi connectivity index (χ0n) is 21.3. The van der Waals surface area contributed by atoms with Crippen molar-refractivity contribution in [3.05, 3.63) is 102 Å². The van der Waals surface area contributed by atoms with Crippen LogP contribution in [0.4, 0.5) is 0 Å². The van der Waals surface area contributed by atoms with Crippen LogP contribution in [0.2, 0.25) is 0 Å². The number of nitrogens with zero attached hydrogens (tertiary/aromatic N) is 1. The van der Waals surface area contributed by atoms with Crippen LogP contribution in [0.25, 0.3) is 0 Å². The van der Waals surface area contributed by atoms with E-state index in [0.717, 1.165) is 43.6 Å². The van der Waals surface area contributed by atoms with Gasteiger partial charge in [-0.15, -0.1) is 0 Å². The average Bonchev–Trinajstić information content (AvgIpc) is 2.93. The molecule has 2 atom stereocenters. The van der Waals surface area contributed by atoms with E-state index in [9.17, 15) is 9.59 Å². The quantitative estimate of drug-likeness (QED) is 0.350. The summed E-state index contributed by atoms with van der Waals surface area (Å²) < 4.78 is 11.3. The third-order valence-corrected chi connectivity index (χ3v) is 7.08. The Kier molecular flexibility index (Phi) is 9.33. The van der Waals surface area contributed by atoms with Crippen molar-refractivity contribution >= 4 is 11.9 Å². The summed E-state index contributed by atoms with van der Waals surface area (Å²) in [5, 5.41) is 8.96. The number of rotatable bonds is 11. The fourth-order valence-electron chi connectivity index (χ4n) is 4.96. The molecule has 0 aromatic heterocycles. The van der Waals surface area contributed by atoms with Gasteiger partial charge in [-0.1, -0.05) is 79.7 Å². The Morgan fingerprint density at radius 3 is 2.24 bits per heavy atom. The summed E-state index contributed by atoms with van der Waals surface area (Å²) in [5.74, 6) is -1.21. The summed E-state index contributed by atoms with van der Waals surface area (Å²) in [6, 6.07) is 27.5. The third-order valence-electron chi connectivity index (χ3n) is 7.08. The number of likely N-dealkylation sites (tertiary alicyclic amines) is 1. The predicted octanol–water partition coefficient (Wildman–Crippen LogP) is 5.49. The number of piperidine rings is 1. The molecule has 1 saturated heterocycles. The molecule has 37 heavy (non-hydrogen) atoms. The van der Waals surface area contributed by atoms with E-state index in [-0.39, 0.29) is 11.9 Å². The number of carboxylic acid groups (broad SMARTS) is 1. The van der Waals surface area contributed by atoms with Crippen LogP contribution in [0, 0.1) is 5.92 Å². The molecule has 2 unspecified atom stereocenters. The smallest absolute Gasteiger partial charge is 0.341 e. The number of carbonyl (C=O) groups excluding carboxylic acids is 1. The zero-order chi connectivity index (χ0) is 26.0. The summed E-state index contributed by atoms with van der Waals surface area (Å²) >= 11 is 0. The highest BCUT2D eigenvalue weighted by Gasteiger charge is 2.31. The molecular weight excluding hydrogens is 466 g/mol. The van der Waals surface area contributed by atoms with Gasteiger partial charge in [0, 0.05) is 6.54 Å². The van der Waals surface area contributed by atoms with Gasteiger partial charge >= 0.3 is 11.9 Å². The van der Waals surface area contributed by atoms with E-state index in [0.29, 0.717) is 18.3 Å². The molecule has 194 valence electrons. The van der Waals surface area contributed by atoms with Crippen molar-refractivity contribution in [2.45, 2.75) is 38.1 Å². The number of carbonyl (C=O) groups is 2. The molecule has 1 N–H and O–H groups in total. The van der Waals surface area contributed by atoms with Crippen molar-refractivity contribution < 1.29 is 24.2 Å². The number of carboxylic acids is 1. The minimum atomic E-state index is -1.05. The maximum Gasteiger partial charge on any atom is 0.341 e. The molecular formula is C31H35NO5. The Balaban J connectivity index is 1.40. The molecule has 1 heterocycles. The third kappa shape index (κ3) is 7.67. The van der Waals surface area contributed by atoms with Crippen LogP contribution in [0.5, 0.6) is 5.75 Å². The van der Waals surface area contributed by atoms with Gasteiger partial charge in [0.1, 0.15) is 5.75 Å². The second kappa shape index (κ2) is 13.1. The van der Waals surface area contributed by atoms with Crippen molar-refractivity contribution in [3.63, 3.8) is 0 Å². The highest BCUT2D eigenvalue weighted by molar-refractivity contribution is 5.80. The Morgan fingerprint density at radius 1 is 0.919 bits per heavy atom. The van der Waals surface area contributed by atoms with Gasteiger partial charge in [0.05, 0.1) is 12.5 Å². The lowest BCUT2D eigenvalue weighted by Crippen LogP contribution is -2.35. The molecule has 0 aliphatic carbocycles. The van der Waals surface area contributed by atoms with E-state index in [2.05, 4.69) is 29.2 Å². The van der Waals surface area contributed by atoms with Crippen LogP contribution in [-0.2, 0) is 20.9 Å². The van der Waals surface area contributed by atoms with Crippen LogP contribution >= 0.6 is 0 Å². The highest BCUT2D eigenvalue weighted by atomic mass is 16.5. The van der Waals surface area contributed by atoms with Crippen LogP contribution in [0.1, 0.15) is 48.3 Å². The minimum absolute atomic E-state index is 0.129. The van der Waals surface area contributed by atoms with Crippen LogP contribution in [-0.4, -0.2) is 48.2 Å². The molecule has 3 aromatic carbocycles. The first-order valence-electron chi connectivity index (χ1n) is 12.9. The fraction of sp³-hybridized carbons (Fsp3) is 0.355. The van der Waals surface area contributed by atoms with E-state index >= 15 is 0 Å². The summed E-state index contributed by atoms with van der Waals surface area (Å²) in [6.07, 6.45) is 2.00. The first-order valence-corrected chi connectivity index (χ1v) is 12.9. The van der Waals surface area contributed by atoms with Crippen molar-refractivity contribution in [1.82, 2.24) is 4.90 Å². The monoisotopic (exact) mass is 501 g/mol. The number of ether oxygens (including phenoxy) is 2. The average molecular weight is 502 g/mol. The summed E-state index contributed by atoms with van der Waals surface area (Å²) in [7, 11) is 0. The molecule has 0 radical (unpaired) electrons. The first-order chi connectivity index (χ1) is 18.0. The van der Waals surface area contributed by atoms with E-state index in [1.807, 2.05) is 49.4 Å². The molecule has 0 saturated carbocycles. The number of hydrogen-bond donors (Lipinski definition) is 1. The number of aliphatic carboxylic acids is 1. The highest BCUT2D eigenvalue weighted by Crippen LogP contribution is 2.35. The van der Waals surface area contributed by atoms with Gasteiger partial charge in [-0.25, -0.2) is 4.79 Å². The Hall–Kier alpha value is -3.64. The lowest BCUT2D eigenvalue weighted by atomic mass is 9.82. The van der Waals surface area contributed by atoms with Crippen LogP contribution in [0.3, 0.4) is 0 Å². The number of benzene rings is 3. The maximum atomic E-state index is 13.5. The first kappa shape index (κ1) is 26.4. The molecule has 1 fully saturated rings. The minimum Gasteiger partial charge on any atom is -0.482 e. The second-order valence-electron chi connectivity index (χ2n) is 9.77. The largest absolute Gasteiger partial charge is 0.482 e. The number of esters is 1. The molecule has 6 nitrogen and oxygen atoms in total. The van der Waals surface area contributed by atoms with Crippen LogP contribution < -0.4 is 4.74 Å². The topological polar surface area (TPSA) is 76.1 Å². The lowest BCUT2D eigenvalue weighted by Gasteiger charge is -2.32. The summed E-state index contributed by atoms with van der Waals surface area (Å²) in [6.45, 7) is 4.92. The van der Waals surface area contributed by atoms with Gasteiger partial charge in [0.2, 0.25) is 0 Å². The van der Waals surface area contributed by atoms with Gasteiger partial charge in [-0.3, -0.25) is 9.69 Å². The molecule has 0 spiro atoms. The van der Waals surface area contributed by atoms with E-state index in [1.54, 1.807) is 18.2 Å². The fourth-order valence-corrected chi connectivity index (χ4v) is 4.96. The molecule has 1 aliphatic rings. The summed E-state index contributed by atoms with van der Waals surface area (Å²) in [4.78, 5) is 26.9. The summed E-state index contributed by atoms with van der Waals surface area (Å²) in [5.41, 5.74) is 3.11. The second-order valence-corrected chi connectivity index (χ2v) is 9.77. The Morgan fingerprint density at radius 2 is 1.57 bits per heavy atom. The SMILES string of the molecule is CC(c1ccccc1)C(C(=O)OCC1CCN(Cc2ccccc2)CC1)c1cccc(OCC(=O)O)c1. The molecule has 4 rings (SSSR count). The van der Waals surface area contributed by atoms with Gasteiger partial charge in [0.25, 0.3) is 0 Å². The zero-order valence-corrected chi connectivity index (χ0v) is 21.3. The molecule has 3 aromatic rings. The van der Waals surface area contributed by atoms with Gasteiger partial charge in [0.15, 0.2) is 6.61 Å². The Bertz CT molecular complexity index is 1140. The molecule has 0 amide bonds. The Labute approximate surface area is 218 Å². The van der Waals surface area contributed by atoms with E-state index < -0.39 is 18.5 Å². The van der Waals surface area contributed by atoms with Crippen LogP contribution in [0.15, 0.2) is 84.9 Å². The molecule has 6 heteroatoms. The predicted molar refractivity (Wildman–Crippen MR) is 143 cm³/mol. The van der Waals surface area contributed by atoms with Gasteiger partial charge < -0.3 is 14.6 Å². The molecule has 0 bridgehead atoms. The maximum absolute atomic E-state index is 13.5. The standard InChI is InChI=1S/C31H35NO5/c1-23(26-11-6-3-7-12-26)30(27-13-8-14-28(19-27)36-22-29(33)34)31(35)37-21-25-15-17-32(18-16-25)20-24-9-4-2-5-10-24/h2-14,19,23,25,30H,15-18,20-22H2,1H3,(H,33,34). The van der Waals surface area contributed by atoms with E-state index in [1.165, 1.54) is 5.56 Å². The van der Waals surface area contributed by atoms with Gasteiger partial charge in [-0.2, -0.15) is 0 Å². The van der Waals surface area contributed by atoms with Crippen molar-refractivity contribution in [3.8, 4) is 5.75 Å². The van der Waals surface area contributed by atoms with Crippen molar-refractivity contribution in [2.75, 3.05) is 26.3 Å². The molecule has 1 aliphatic heterocycles. The van der Waals surface area contributed by atoms with Crippen molar-refractivity contribution in [2.24, 2.45) is 5.92 Å². The van der Waals surface area contributed by atoms with Crippen molar-refractivity contribution in [1.29, 1.82) is 0 Å².